The fourth-order valence-corrected chi connectivity index (χ4v) is 3.58. The lowest BCUT2D eigenvalue weighted by Crippen LogP contribution is -2.02. The van der Waals surface area contributed by atoms with Gasteiger partial charge in [-0.1, -0.05) is 29.5 Å². The number of anilines is 1. The van der Waals surface area contributed by atoms with E-state index < -0.39 is 0 Å². The van der Waals surface area contributed by atoms with Crippen molar-refractivity contribution in [2.45, 2.75) is 6.54 Å². The smallest absolute Gasteiger partial charge is 0.223 e. The molecule has 0 aliphatic carbocycles. The summed E-state index contributed by atoms with van der Waals surface area (Å²) in [5.41, 5.74) is 1.97. The Labute approximate surface area is 165 Å². The lowest BCUT2D eigenvalue weighted by molar-refractivity contribution is 0.103. The van der Waals surface area contributed by atoms with E-state index in [1.807, 2.05) is 24.3 Å². The van der Waals surface area contributed by atoms with Gasteiger partial charge in [0, 0.05) is 12.7 Å². The Morgan fingerprint density at radius 1 is 1.14 bits per heavy atom. The van der Waals surface area contributed by atoms with Crippen LogP contribution in [0.25, 0.3) is 11.5 Å². The highest BCUT2D eigenvalue weighted by molar-refractivity contribution is 7.18. The van der Waals surface area contributed by atoms with Gasteiger partial charge in [0.2, 0.25) is 5.78 Å². The maximum Gasteiger partial charge on any atom is 0.223 e. The van der Waals surface area contributed by atoms with Gasteiger partial charge in [-0.3, -0.25) is 9.78 Å². The zero-order chi connectivity index (χ0) is 19.3. The quantitative estimate of drug-likeness (QED) is 0.462. The van der Waals surface area contributed by atoms with E-state index >= 15 is 0 Å². The lowest BCUT2D eigenvalue weighted by atomic mass is 10.1. The molecule has 0 unspecified atom stereocenters. The van der Waals surface area contributed by atoms with E-state index in [1.54, 1.807) is 49.9 Å². The summed E-state index contributed by atoms with van der Waals surface area (Å²) in [6.07, 6.45) is 3.16. The van der Waals surface area contributed by atoms with E-state index in [2.05, 4.69) is 15.3 Å². The minimum atomic E-state index is -0.179. The normalized spacial score (nSPS) is 10.6. The minimum absolute atomic E-state index is 0.179. The average molecular weight is 391 g/mol. The van der Waals surface area contributed by atoms with Crippen molar-refractivity contribution in [3.05, 3.63) is 83.2 Å². The maximum absolute atomic E-state index is 12.9. The zero-order valence-corrected chi connectivity index (χ0v) is 15.9. The van der Waals surface area contributed by atoms with Crippen molar-refractivity contribution in [1.82, 2.24) is 9.97 Å². The summed E-state index contributed by atoms with van der Waals surface area (Å²) < 4.78 is 10.7. The summed E-state index contributed by atoms with van der Waals surface area (Å²) in [6.45, 7) is 0.576. The molecule has 3 heterocycles. The molecule has 0 spiro atoms. The van der Waals surface area contributed by atoms with E-state index in [-0.39, 0.29) is 5.78 Å². The molecule has 0 radical (unpaired) electrons. The van der Waals surface area contributed by atoms with Crippen LogP contribution in [0.1, 0.15) is 20.9 Å². The van der Waals surface area contributed by atoms with Gasteiger partial charge in [0.05, 0.1) is 13.4 Å². The van der Waals surface area contributed by atoms with Crippen LogP contribution in [0.2, 0.25) is 0 Å². The number of pyridine rings is 1. The van der Waals surface area contributed by atoms with Crippen molar-refractivity contribution in [2.24, 2.45) is 0 Å². The second-order valence-corrected chi connectivity index (χ2v) is 6.92. The third-order valence-electron chi connectivity index (χ3n) is 4.09. The number of benzene rings is 1. The van der Waals surface area contributed by atoms with Crippen molar-refractivity contribution < 1.29 is 13.9 Å². The van der Waals surface area contributed by atoms with Crippen LogP contribution in [0.3, 0.4) is 0 Å². The molecule has 0 fully saturated rings. The molecule has 4 rings (SSSR count). The summed E-state index contributed by atoms with van der Waals surface area (Å²) in [4.78, 5) is 22.2. The number of hydrogen-bond donors (Lipinski definition) is 1. The molecule has 28 heavy (non-hydrogen) atoms. The number of ketones is 1. The fourth-order valence-electron chi connectivity index (χ4n) is 2.66. The second kappa shape index (κ2) is 8.06. The molecular formula is C21H17N3O3S. The van der Waals surface area contributed by atoms with Gasteiger partial charge in [0.15, 0.2) is 10.9 Å². The molecule has 0 bridgehead atoms. The first kappa shape index (κ1) is 17.9. The van der Waals surface area contributed by atoms with Crippen molar-refractivity contribution >= 4 is 22.3 Å². The predicted molar refractivity (Wildman–Crippen MR) is 108 cm³/mol. The monoisotopic (exact) mass is 391 g/mol. The van der Waals surface area contributed by atoms with E-state index in [1.165, 1.54) is 11.3 Å². The van der Waals surface area contributed by atoms with Crippen molar-refractivity contribution in [3.63, 3.8) is 0 Å². The zero-order valence-electron chi connectivity index (χ0n) is 15.1. The number of nitrogens with one attached hydrogen (secondary N) is 1. The fraction of sp³-hybridized carbons (Fsp3) is 0.0952. The standard InChI is InChI=1S/C21H17N3O3S/c1-26-15-9-7-14(8-10-15)13-23-21-24-18(17-6-4-12-27-17)20(28-21)19(25)16-5-2-3-11-22-16/h2-12H,13H2,1H3,(H,23,24). The Bertz CT molecular complexity index is 1060. The molecule has 1 aromatic carbocycles. The van der Waals surface area contributed by atoms with Crippen molar-refractivity contribution in [2.75, 3.05) is 12.4 Å². The van der Waals surface area contributed by atoms with Crippen LogP contribution < -0.4 is 10.1 Å². The highest BCUT2D eigenvalue weighted by Gasteiger charge is 2.23. The Hall–Kier alpha value is -3.45. The highest BCUT2D eigenvalue weighted by atomic mass is 32.1. The van der Waals surface area contributed by atoms with E-state index in [9.17, 15) is 4.79 Å². The first-order valence-electron chi connectivity index (χ1n) is 8.62. The minimum Gasteiger partial charge on any atom is -0.497 e. The van der Waals surface area contributed by atoms with Crippen LogP contribution in [0, 0.1) is 0 Å². The van der Waals surface area contributed by atoms with Gasteiger partial charge in [0.1, 0.15) is 22.0 Å². The molecule has 6 nitrogen and oxygen atoms in total. The van der Waals surface area contributed by atoms with Crippen LogP contribution in [-0.2, 0) is 6.54 Å². The van der Waals surface area contributed by atoms with E-state index in [4.69, 9.17) is 9.15 Å². The number of carbonyl (C=O) groups excluding carboxylic acids is 1. The van der Waals surface area contributed by atoms with Crippen LogP contribution in [-0.4, -0.2) is 22.9 Å². The molecular weight excluding hydrogens is 374 g/mol. The Kier molecular flexibility index (Phi) is 5.16. The molecule has 0 aliphatic rings. The number of rotatable bonds is 7. The number of aromatic nitrogens is 2. The second-order valence-electron chi connectivity index (χ2n) is 5.92. The molecule has 0 saturated heterocycles. The summed E-state index contributed by atoms with van der Waals surface area (Å²) in [6, 6.07) is 16.6. The number of ether oxygens (including phenoxy) is 1. The third-order valence-corrected chi connectivity index (χ3v) is 5.10. The lowest BCUT2D eigenvalue weighted by Gasteiger charge is -2.04. The summed E-state index contributed by atoms with van der Waals surface area (Å²) in [7, 11) is 1.64. The predicted octanol–water partition coefficient (Wildman–Crippen LogP) is 4.65. The Morgan fingerprint density at radius 2 is 2.00 bits per heavy atom. The Morgan fingerprint density at radius 3 is 2.68 bits per heavy atom. The van der Waals surface area contributed by atoms with Gasteiger partial charge in [-0.25, -0.2) is 4.98 Å². The van der Waals surface area contributed by atoms with Crippen LogP contribution in [0.4, 0.5) is 5.13 Å². The summed E-state index contributed by atoms with van der Waals surface area (Å²) >= 11 is 1.29. The highest BCUT2D eigenvalue weighted by Crippen LogP contribution is 2.33. The molecule has 0 atom stereocenters. The number of furan rings is 1. The Balaban J connectivity index is 1.61. The van der Waals surface area contributed by atoms with E-state index in [0.29, 0.717) is 33.7 Å². The molecule has 1 N–H and O–H groups in total. The first-order chi connectivity index (χ1) is 13.7. The van der Waals surface area contributed by atoms with Gasteiger partial charge < -0.3 is 14.5 Å². The molecule has 4 aromatic rings. The molecule has 3 aromatic heterocycles. The van der Waals surface area contributed by atoms with Crippen LogP contribution in [0.5, 0.6) is 5.75 Å². The average Bonchev–Trinajstić information content (AvgIpc) is 3.42. The number of methoxy groups -OCH3 is 1. The first-order valence-corrected chi connectivity index (χ1v) is 9.43. The maximum atomic E-state index is 12.9. The molecule has 0 aliphatic heterocycles. The van der Waals surface area contributed by atoms with Crippen molar-refractivity contribution in [3.8, 4) is 17.2 Å². The molecule has 140 valence electrons. The third kappa shape index (κ3) is 3.79. The molecule has 0 saturated carbocycles. The molecule has 7 heteroatoms. The van der Waals surface area contributed by atoms with Crippen molar-refractivity contribution in [1.29, 1.82) is 0 Å². The SMILES string of the molecule is COc1ccc(CNc2nc(-c3ccco3)c(C(=O)c3ccccn3)s2)cc1. The number of nitrogens with zero attached hydrogens (tertiary/aromatic N) is 2. The van der Waals surface area contributed by atoms with Gasteiger partial charge in [-0.2, -0.15) is 0 Å². The molecule has 0 amide bonds. The summed E-state index contributed by atoms with van der Waals surface area (Å²) in [5.74, 6) is 1.18. The topological polar surface area (TPSA) is 77.2 Å². The van der Waals surface area contributed by atoms with Gasteiger partial charge in [0.25, 0.3) is 0 Å². The number of hydrogen-bond acceptors (Lipinski definition) is 7. The van der Waals surface area contributed by atoms with E-state index in [0.717, 1.165) is 11.3 Å². The largest absolute Gasteiger partial charge is 0.497 e. The number of carbonyl (C=O) groups is 1. The van der Waals surface area contributed by atoms with Gasteiger partial charge >= 0.3 is 0 Å². The number of thiazole rings is 1. The van der Waals surface area contributed by atoms with Gasteiger partial charge in [-0.15, -0.1) is 0 Å². The summed E-state index contributed by atoms with van der Waals surface area (Å²) in [5, 5.41) is 3.92. The van der Waals surface area contributed by atoms with Crippen LogP contribution in [0.15, 0.2) is 71.5 Å². The van der Waals surface area contributed by atoms with Crippen LogP contribution >= 0.6 is 11.3 Å². The van der Waals surface area contributed by atoms with Gasteiger partial charge in [-0.05, 0) is 42.0 Å².